The second kappa shape index (κ2) is 6.44. The van der Waals surface area contributed by atoms with E-state index < -0.39 is 17.4 Å². The smallest absolute Gasteiger partial charge is 0.332 e. The Bertz CT molecular complexity index is 1020. The SMILES string of the molecule is Cn1c(=O)c2c(nc(N)n2CC(O)COc2ccccc2)n(C)c1=O. The van der Waals surface area contributed by atoms with Crippen LogP contribution in [0.2, 0.25) is 0 Å². The van der Waals surface area contributed by atoms with E-state index >= 15 is 0 Å². The first kappa shape index (κ1) is 16.8. The molecule has 0 aliphatic heterocycles. The molecule has 9 nitrogen and oxygen atoms in total. The van der Waals surface area contributed by atoms with E-state index in [4.69, 9.17) is 10.5 Å². The number of benzene rings is 1. The molecule has 3 aromatic rings. The van der Waals surface area contributed by atoms with Crippen LogP contribution in [-0.4, -0.2) is 36.5 Å². The highest BCUT2D eigenvalue weighted by molar-refractivity contribution is 5.73. The number of hydrogen-bond donors (Lipinski definition) is 2. The van der Waals surface area contributed by atoms with E-state index in [1.165, 1.54) is 23.2 Å². The number of fused-ring (bicyclic) bond motifs is 1. The molecule has 3 rings (SSSR count). The minimum Gasteiger partial charge on any atom is -0.491 e. The summed E-state index contributed by atoms with van der Waals surface area (Å²) in [5.74, 6) is 0.676. The summed E-state index contributed by atoms with van der Waals surface area (Å²) in [6, 6.07) is 9.07. The molecule has 2 aromatic heterocycles. The molecule has 1 aromatic carbocycles. The molecule has 25 heavy (non-hydrogen) atoms. The molecular formula is C16H19N5O4. The maximum atomic E-state index is 12.4. The minimum absolute atomic E-state index is 0.0165. The van der Waals surface area contributed by atoms with Crippen molar-refractivity contribution in [1.29, 1.82) is 0 Å². The van der Waals surface area contributed by atoms with Gasteiger partial charge < -0.3 is 20.1 Å². The second-order valence-electron chi connectivity index (χ2n) is 5.74. The quantitative estimate of drug-likeness (QED) is 0.641. The van der Waals surface area contributed by atoms with Crippen LogP contribution in [0.3, 0.4) is 0 Å². The van der Waals surface area contributed by atoms with Crippen LogP contribution in [0.15, 0.2) is 39.9 Å². The Morgan fingerprint density at radius 3 is 2.56 bits per heavy atom. The van der Waals surface area contributed by atoms with Crippen LogP contribution in [0.5, 0.6) is 5.75 Å². The van der Waals surface area contributed by atoms with Gasteiger partial charge in [0.2, 0.25) is 5.95 Å². The number of nitrogens with zero attached hydrogens (tertiary/aromatic N) is 4. The molecule has 0 saturated heterocycles. The number of aromatic nitrogens is 4. The van der Waals surface area contributed by atoms with E-state index in [9.17, 15) is 14.7 Å². The lowest BCUT2D eigenvalue weighted by Crippen LogP contribution is -2.38. The van der Waals surface area contributed by atoms with Crippen molar-refractivity contribution in [2.45, 2.75) is 12.6 Å². The monoisotopic (exact) mass is 345 g/mol. The van der Waals surface area contributed by atoms with Crippen LogP contribution in [0, 0.1) is 0 Å². The average molecular weight is 345 g/mol. The summed E-state index contributed by atoms with van der Waals surface area (Å²) in [5, 5.41) is 10.2. The zero-order valence-corrected chi connectivity index (χ0v) is 13.9. The number of rotatable bonds is 5. The fraction of sp³-hybridized carbons (Fsp3) is 0.312. The summed E-state index contributed by atoms with van der Waals surface area (Å²) in [6.07, 6.45) is -0.915. The molecule has 0 amide bonds. The third-order valence-electron chi connectivity index (χ3n) is 3.96. The number of para-hydroxylation sites is 1. The summed E-state index contributed by atoms with van der Waals surface area (Å²) in [5.41, 5.74) is 5.23. The summed E-state index contributed by atoms with van der Waals surface area (Å²) in [4.78, 5) is 28.5. The highest BCUT2D eigenvalue weighted by Crippen LogP contribution is 2.14. The topological polar surface area (TPSA) is 117 Å². The van der Waals surface area contributed by atoms with Crippen LogP contribution in [0.1, 0.15) is 0 Å². The van der Waals surface area contributed by atoms with Crippen LogP contribution < -0.4 is 21.7 Å². The number of ether oxygens (including phenoxy) is 1. The van der Waals surface area contributed by atoms with Crippen molar-refractivity contribution >= 4 is 17.1 Å². The zero-order chi connectivity index (χ0) is 18.1. The molecule has 2 heterocycles. The van der Waals surface area contributed by atoms with Crippen molar-refractivity contribution in [3.63, 3.8) is 0 Å². The molecule has 0 bridgehead atoms. The molecule has 1 unspecified atom stereocenters. The first-order valence-electron chi connectivity index (χ1n) is 7.67. The van der Waals surface area contributed by atoms with Gasteiger partial charge in [-0.1, -0.05) is 18.2 Å². The average Bonchev–Trinajstić information content (AvgIpc) is 2.94. The number of aliphatic hydroxyl groups excluding tert-OH is 1. The fourth-order valence-electron chi connectivity index (χ4n) is 2.62. The minimum atomic E-state index is -0.915. The third-order valence-corrected chi connectivity index (χ3v) is 3.96. The number of aryl methyl sites for hydroxylation is 1. The third kappa shape index (κ3) is 3.01. The predicted molar refractivity (Wildman–Crippen MR) is 92.6 cm³/mol. The first-order chi connectivity index (χ1) is 11.9. The Hall–Kier alpha value is -3.07. The molecule has 0 aliphatic carbocycles. The molecule has 0 aliphatic rings. The maximum absolute atomic E-state index is 12.4. The van der Waals surface area contributed by atoms with Crippen molar-refractivity contribution in [3.05, 3.63) is 51.2 Å². The molecule has 0 fully saturated rings. The van der Waals surface area contributed by atoms with E-state index in [0.29, 0.717) is 5.75 Å². The number of nitrogens with two attached hydrogens (primary N) is 1. The van der Waals surface area contributed by atoms with Gasteiger partial charge in [0.05, 0.1) is 6.54 Å². The van der Waals surface area contributed by atoms with Crippen LogP contribution >= 0.6 is 0 Å². The van der Waals surface area contributed by atoms with Crippen LogP contribution in [-0.2, 0) is 20.6 Å². The van der Waals surface area contributed by atoms with Gasteiger partial charge in [-0.3, -0.25) is 13.9 Å². The van der Waals surface area contributed by atoms with E-state index in [0.717, 1.165) is 4.57 Å². The largest absolute Gasteiger partial charge is 0.491 e. The zero-order valence-electron chi connectivity index (χ0n) is 13.9. The van der Waals surface area contributed by atoms with Gasteiger partial charge in [0.1, 0.15) is 18.5 Å². The number of anilines is 1. The molecule has 3 N–H and O–H groups in total. The summed E-state index contributed by atoms with van der Waals surface area (Å²) in [7, 11) is 2.89. The van der Waals surface area contributed by atoms with Crippen molar-refractivity contribution in [3.8, 4) is 5.75 Å². The van der Waals surface area contributed by atoms with Crippen molar-refractivity contribution in [2.24, 2.45) is 14.1 Å². The highest BCUT2D eigenvalue weighted by Gasteiger charge is 2.19. The number of imidazole rings is 1. The lowest BCUT2D eigenvalue weighted by molar-refractivity contribution is 0.0938. The van der Waals surface area contributed by atoms with E-state index in [-0.39, 0.29) is 30.3 Å². The molecule has 9 heteroatoms. The summed E-state index contributed by atoms with van der Waals surface area (Å²) >= 11 is 0. The van der Waals surface area contributed by atoms with E-state index in [2.05, 4.69) is 4.98 Å². The van der Waals surface area contributed by atoms with Gasteiger partial charge in [-0.2, -0.15) is 4.98 Å². The molecular weight excluding hydrogens is 326 g/mol. The van der Waals surface area contributed by atoms with Crippen LogP contribution in [0.4, 0.5) is 5.95 Å². The standard InChI is InChI=1S/C16H19N5O4/c1-19-13-12(14(23)20(2)16(19)24)21(15(17)18-13)8-10(22)9-25-11-6-4-3-5-7-11/h3-7,10,22H,8-9H2,1-2H3,(H2,17,18). The number of hydrogen-bond acceptors (Lipinski definition) is 6. The van der Waals surface area contributed by atoms with Crippen LogP contribution in [0.25, 0.3) is 11.2 Å². The summed E-state index contributed by atoms with van der Waals surface area (Å²) in [6.45, 7) is 0.0395. The van der Waals surface area contributed by atoms with Gasteiger partial charge in [-0.15, -0.1) is 0 Å². The van der Waals surface area contributed by atoms with Crippen molar-refractivity contribution in [2.75, 3.05) is 12.3 Å². The lowest BCUT2D eigenvalue weighted by Gasteiger charge is -2.14. The van der Waals surface area contributed by atoms with Gasteiger partial charge in [0.25, 0.3) is 5.56 Å². The normalized spacial score (nSPS) is 12.4. The van der Waals surface area contributed by atoms with Crippen molar-refractivity contribution < 1.29 is 9.84 Å². The Balaban J connectivity index is 1.90. The summed E-state index contributed by atoms with van der Waals surface area (Å²) < 4.78 is 9.13. The van der Waals surface area contributed by atoms with Crippen molar-refractivity contribution in [1.82, 2.24) is 18.7 Å². The number of nitrogen functional groups attached to an aromatic ring is 1. The Morgan fingerprint density at radius 1 is 1.20 bits per heavy atom. The predicted octanol–water partition coefficient (Wildman–Crippen LogP) is -0.544. The Labute approximate surface area is 142 Å². The Morgan fingerprint density at radius 2 is 1.88 bits per heavy atom. The molecule has 0 spiro atoms. The molecule has 0 radical (unpaired) electrons. The molecule has 1 atom stereocenters. The van der Waals surface area contributed by atoms with E-state index in [1.807, 2.05) is 18.2 Å². The van der Waals surface area contributed by atoms with Gasteiger partial charge in [0.15, 0.2) is 11.2 Å². The molecule has 132 valence electrons. The van der Waals surface area contributed by atoms with Gasteiger partial charge in [-0.25, -0.2) is 4.79 Å². The first-order valence-corrected chi connectivity index (χ1v) is 7.67. The van der Waals surface area contributed by atoms with Gasteiger partial charge in [-0.05, 0) is 12.1 Å². The second-order valence-corrected chi connectivity index (χ2v) is 5.74. The molecule has 0 saturated carbocycles. The van der Waals surface area contributed by atoms with E-state index in [1.54, 1.807) is 12.1 Å². The maximum Gasteiger partial charge on any atom is 0.332 e. The fourth-order valence-corrected chi connectivity index (χ4v) is 2.62. The highest BCUT2D eigenvalue weighted by atomic mass is 16.5. The number of aliphatic hydroxyl groups is 1. The van der Waals surface area contributed by atoms with Gasteiger partial charge >= 0.3 is 5.69 Å². The Kier molecular flexibility index (Phi) is 4.32. The lowest BCUT2D eigenvalue weighted by atomic mass is 10.3. The van der Waals surface area contributed by atoms with Gasteiger partial charge in [0, 0.05) is 14.1 Å².